The molecule has 3 heterocycles. The summed E-state index contributed by atoms with van der Waals surface area (Å²) in [6, 6.07) is 10.0. The summed E-state index contributed by atoms with van der Waals surface area (Å²) in [5, 5.41) is 11.8. The highest BCUT2D eigenvalue weighted by Gasteiger charge is 2.18. The van der Waals surface area contributed by atoms with Gasteiger partial charge in [0, 0.05) is 17.0 Å². The minimum atomic E-state index is -0.148. The monoisotopic (exact) mass is 412 g/mol. The Bertz CT molecular complexity index is 1110. The summed E-state index contributed by atoms with van der Waals surface area (Å²) < 4.78 is 7.35. The minimum absolute atomic E-state index is 0.0481. The number of thiazole rings is 1. The maximum atomic E-state index is 11.7. The van der Waals surface area contributed by atoms with Gasteiger partial charge in [-0.25, -0.2) is 4.68 Å². The maximum absolute atomic E-state index is 11.7. The van der Waals surface area contributed by atoms with Gasteiger partial charge in [-0.15, -0.1) is 22.7 Å². The fourth-order valence-corrected chi connectivity index (χ4v) is 4.47. The van der Waals surface area contributed by atoms with E-state index >= 15 is 0 Å². The van der Waals surface area contributed by atoms with E-state index in [1.54, 1.807) is 22.7 Å². The van der Waals surface area contributed by atoms with E-state index in [9.17, 15) is 4.79 Å². The second-order valence-electron chi connectivity index (χ2n) is 6.65. The van der Waals surface area contributed by atoms with Gasteiger partial charge in [0.1, 0.15) is 5.75 Å². The van der Waals surface area contributed by atoms with Crippen LogP contribution in [-0.4, -0.2) is 28.9 Å². The van der Waals surface area contributed by atoms with Crippen LogP contribution in [0, 0.1) is 0 Å². The lowest BCUT2D eigenvalue weighted by Gasteiger charge is -2.18. The molecule has 0 radical (unpaired) electrons. The van der Waals surface area contributed by atoms with E-state index in [1.807, 2.05) is 60.5 Å². The van der Waals surface area contributed by atoms with Crippen molar-refractivity contribution in [1.29, 1.82) is 0 Å². The first kappa shape index (κ1) is 18.6. The van der Waals surface area contributed by atoms with E-state index in [4.69, 9.17) is 14.8 Å². The van der Waals surface area contributed by atoms with Crippen molar-refractivity contribution in [2.75, 3.05) is 11.9 Å². The Morgan fingerprint density at radius 2 is 2.14 bits per heavy atom. The van der Waals surface area contributed by atoms with Crippen LogP contribution in [0.3, 0.4) is 0 Å². The molecule has 144 valence electrons. The van der Waals surface area contributed by atoms with Crippen LogP contribution in [0.1, 0.15) is 25.6 Å². The van der Waals surface area contributed by atoms with Gasteiger partial charge in [0.2, 0.25) is 4.80 Å². The largest absolute Gasteiger partial charge is 0.482 e. The van der Waals surface area contributed by atoms with Gasteiger partial charge in [0.25, 0.3) is 5.91 Å². The molecule has 0 saturated carbocycles. The van der Waals surface area contributed by atoms with Crippen molar-refractivity contribution in [2.45, 2.75) is 26.8 Å². The van der Waals surface area contributed by atoms with E-state index in [1.165, 1.54) is 0 Å². The normalized spacial score (nSPS) is 14.8. The number of anilines is 1. The van der Waals surface area contributed by atoms with Crippen LogP contribution in [0.25, 0.3) is 11.3 Å². The molecule has 0 aliphatic carbocycles. The van der Waals surface area contributed by atoms with E-state index in [-0.39, 0.29) is 18.6 Å². The van der Waals surface area contributed by atoms with Crippen LogP contribution in [0.4, 0.5) is 5.69 Å². The highest BCUT2D eigenvalue weighted by molar-refractivity contribution is 7.12. The molecule has 0 bridgehead atoms. The second-order valence-corrected chi connectivity index (χ2v) is 8.43. The standard InChI is InChI=1S/C20H20N4O2S2/c1-12(2)21-20-24(23-13(3)18-5-4-8-27-18)16(11-28-20)14-6-7-17-15(9-14)22-19(25)10-26-17/h4-9,11-12H,10H2,1-3H3,(H,22,25). The summed E-state index contributed by atoms with van der Waals surface area (Å²) >= 11 is 3.21. The van der Waals surface area contributed by atoms with Crippen LogP contribution in [0.5, 0.6) is 5.75 Å². The van der Waals surface area contributed by atoms with Crippen molar-refractivity contribution in [3.05, 3.63) is 50.8 Å². The smallest absolute Gasteiger partial charge is 0.262 e. The third-order valence-electron chi connectivity index (χ3n) is 4.09. The zero-order valence-corrected chi connectivity index (χ0v) is 17.4. The van der Waals surface area contributed by atoms with Crippen molar-refractivity contribution >= 4 is 40.0 Å². The Labute approximate surface area is 170 Å². The topological polar surface area (TPSA) is 68.0 Å². The molecule has 1 aliphatic heterocycles. The summed E-state index contributed by atoms with van der Waals surface area (Å²) in [4.78, 5) is 18.3. The number of benzene rings is 1. The molecule has 0 fully saturated rings. The summed E-state index contributed by atoms with van der Waals surface area (Å²) in [6.45, 7) is 6.14. The molecule has 8 heteroatoms. The van der Waals surface area contributed by atoms with Gasteiger partial charge in [-0.2, -0.15) is 5.10 Å². The van der Waals surface area contributed by atoms with Crippen molar-refractivity contribution in [1.82, 2.24) is 4.68 Å². The van der Waals surface area contributed by atoms with E-state index in [0.29, 0.717) is 11.4 Å². The molecule has 0 unspecified atom stereocenters. The third-order valence-corrected chi connectivity index (χ3v) is 5.90. The van der Waals surface area contributed by atoms with Crippen molar-refractivity contribution in [2.24, 2.45) is 10.1 Å². The predicted molar refractivity (Wildman–Crippen MR) is 114 cm³/mol. The molecular formula is C20H20N4O2S2. The molecule has 0 atom stereocenters. The van der Waals surface area contributed by atoms with Gasteiger partial charge < -0.3 is 10.1 Å². The van der Waals surface area contributed by atoms with Gasteiger partial charge in [0.15, 0.2) is 6.61 Å². The number of carbonyl (C=O) groups is 1. The molecular weight excluding hydrogens is 392 g/mol. The van der Waals surface area contributed by atoms with E-state index in [2.05, 4.69) is 11.4 Å². The first-order valence-corrected chi connectivity index (χ1v) is 10.7. The average Bonchev–Trinajstić information content (AvgIpc) is 3.32. The number of carbonyl (C=O) groups excluding carboxylic acids is 1. The molecule has 0 saturated heterocycles. The number of aromatic nitrogens is 1. The quantitative estimate of drug-likeness (QED) is 0.653. The van der Waals surface area contributed by atoms with Crippen molar-refractivity contribution in [3.8, 4) is 17.0 Å². The lowest BCUT2D eigenvalue weighted by molar-refractivity contribution is -0.118. The fraction of sp³-hybridized carbons (Fsp3) is 0.250. The van der Waals surface area contributed by atoms with Gasteiger partial charge in [-0.1, -0.05) is 6.07 Å². The van der Waals surface area contributed by atoms with Crippen molar-refractivity contribution < 1.29 is 9.53 Å². The fourth-order valence-electron chi connectivity index (χ4n) is 2.83. The first-order chi connectivity index (χ1) is 13.5. The molecule has 1 N–H and O–H groups in total. The number of ether oxygens (including phenoxy) is 1. The maximum Gasteiger partial charge on any atom is 0.262 e. The lowest BCUT2D eigenvalue weighted by atomic mass is 10.1. The van der Waals surface area contributed by atoms with Crippen molar-refractivity contribution in [3.63, 3.8) is 0 Å². The highest BCUT2D eigenvalue weighted by atomic mass is 32.1. The zero-order chi connectivity index (χ0) is 19.7. The molecule has 1 aliphatic rings. The van der Waals surface area contributed by atoms with Gasteiger partial charge in [0.05, 0.1) is 22.0 Å². The minimum Gasteiger partial charge on any atom is -0.482 e. The van der Waals surface area contributed by atoms with Crippen LogP contribution in [-0.2, 0) is 4.79 Å². The predicted octanol–water partition coefficient (Wildman–Crippen LogP) is 4.19. The second kappa shape index (κ2) is 7.73. The van der Waals surface area contributed by atoms with Crippen LogP contribution < -0.4 is 14.9 Å². The molecule has 1 amide bonds. The Balaban J connectivity index is 1.84. The van der Waals surface area contributed by atoms with E-state index in [0.717, 1.165) is 26.6 Å². The molecule has 2 aromatic heterocycles. The molecule has 6 nitrogen and oxygen atoms in total. The van der Waals surface area contributed by atoms with Gasteiger partial charge in [-0.05, 0) is 50.4 Å². The van der Waals surface area contributed by atoms with Crippen LogP contribution in [0.2, 0.25) is 0 Å². The molecule has 0 spiro atoms. The number of nitrogens with one attached hydrogen (secondary N) is 1. The summed E-state index contributed by atoms with van der Waals surface area (Å²) in [7, 11) is 0. The summed E-state index contributed by atoms with van der Waals surface area (Å²) in [6.07, 6.45) is 0. The summed E-state index contributed by atoms with van der Waals surface area (Å²) in [5.74, 6) is 0.528. The Morgan fingerprint density at radius 1 is 1.29 bits per heavy atom. The summed E-state index contributed by atoms with van der Waals surface area (Å²) in [5.41, 5.74) is 3.46. The van der Waals surface area contributed by atoms with Crippen LogP contribution >= 0.6 is 22.7 Å². The van der Waals surface area contributed by atoms with Gasteiger partial charge >= 0.3 is 0 Å². The SMILES string of the molecule is CC(=Nn1c(-c2ccc3c(c2)NC(=O)CO3)csc1=NC(C)C)c1cccs1. The number of amides is 1. The van der Waals surface area contributed by atoms with Crippen LogP contribution in [0.15, 0.2) is 51.2 Å². The number of hydrogen-bond donors (Lipinski definition) is 1. The highest BCUT2D eigenvalue weighted by Crippen LogP contribution is 2.33. The van der Waals surface area contributed by atoms with Gasteiger partial charge in [-0.3, -0.25) is 9.79 Å². The first-order valence-electron chi connectivity index (χ1n) is 8.92. The number of hydrogen-bond acceptors (Lipinski definition) is 6. The average molecular weight is 413 g/mol. The number of rotatable bonds is 4. The molecule has 1 aromatic carbocycles. The molecule has 28 heavy (non-hydrogen) atoms. The zero-order valence-electron chi connectivity index (χ0n) is 15.8. The molecule has 4 rings (SSSR count). The Hall–Kier alpha value is -2.71. The number of thiophene rings is 1. The third kappa shape index (κ3) is 3.79. The van der Waals surface area contributed by atoms with E-state index < -0.39 is 0 Å². The molecule has 3 aromatic rings. The Morgan fingerprint density at radius 3 is 2.89 bits per heavy atom. The lowest BCUT2D eigenvalue weighted by Crippen LogP contribution is -2.25. The number of nitrogens with zero attached hydrogens (tertiary/aromatic N) is 3. The number of fused-ring (bicyclic) bond motifs is 1. The Kier molecular flexibility index (Phi) is 5.15.